The number of unbranched alkanes of at least 4 members (excludes halogenated alkanes) is 4. The Hall–Kier alpha value is 0.620. The van der Waals surface area contributed by atoms with Crippen molar-refractivity contribution in [3.05, 3.63) is 0 Å². The molecule has 12 heavy (non-hydrogen) atoms. The minimum atomic E-state index is -0.430. The third-order valence-electron chi connectivity index (χ3n) is 1.49. The van der Waals surface area contributed by atoms with Crippen molar-refractivity contribution >= 4 is 25.3 Å². The average molecular weight is 210 g/mol. The first kappa shape index (κ1) is 12.6. The van der Waals surface area contributed by atoms with E-state index >= 15 is 0 Å². The van der Waals surface area contributed by atoms with Crippen LogP contribution in [0.25, 0.3) is 0 Å². The second-order valence-electron chi connectivity index (χ2n) is 2.66. The first-order chi connectivity index (χ1) is 5.77. The summed E-state index contributed by atoms with van der Waals surface area (Å²) in [5.41, 5.74) is 0. The number of rotatable bonds is 8. The van der Waals surface area contributed by atoms with Gasteiger partial charge in [0.25, 0.3) is 0 Å². The van der Waals surface area contributed by atoms with E-state index in [1.165, 1.54) is 25.7 Å². The van der Waals surface area contributed by atoms with Crippen LogP contribution < -0.4 is 0 Å². The van der Waals surface area contributed by atoms with E-state index in [0.717, 1.165) is 6.42 Å². The largest absolute Gasteiger partial charge is 0.235 e. The van der Waals surface area contributed by atoms with Crippen molar-refractivity contribution in [3.8, 4) is 0 Å². The zero-order valence-electron chi connectivity index (χ0n) is 7.53. The highest BCUT2D eigenvalue weighted by Crippen LogP contribution is 2.05. The third kappa shape index (κ3) is 10.6. The van der Waals surface area contributed by atoms with Crippen LogP contribution in [0.3, 0.4) is 0 Å². The van der Waals surface area contributed by atoms with Crippen LogP contribution in [0, 0.1) is 0 Å². The van der Waals surface area contributed by atoms with E-state index in [0.29, 0.717) is 6.61 Å². The third-order valence-corrected chi connectivity index (χ3v) is 1.66. The molecule has 74 valence electrons. The molecule has 0 aliphatic heterocycles. The van der Waals surface area contributed by atoms with E-state index in [1.54, 1.807) is 0 Å². The minimum Gasteiger partial charge on any atom is -0.235 e. The Morgan fingerprint density at radius 2 is 1.75 bits per heavy atom. The Balaban J connectivity index is 2.82. The van der Waals surface area contributed by atoms with Crippen LogP contribution in [0.4, 0.5) is 0 Å². The van der Waals surface area contributed by atoms with Crippen LogP contribution >= 0.6 is 25.3 Å². The fourth-order valence-corrected chi connectivity index (χ4v) is 0.995. The van der Waals surface area contributed by atoms with Gasteiger partial charge >= 0.3 is 0 Å². The van der Waals surface area contributed by atoms with Crippen LogP contribution in [-0.2, 0) is 9.78 Å². The lowest BCUT2D eigenvalue weighted by Gasteiger charge is -2.04. The molecule has 0 N–H and O–H groups in total. The van der Waals surface area contributed by atoms with Gasteiger partial charge in [-0.15, -0.1) is 25.3 Å². The van der Waals surface area contributed by atoms with Gasteiger partial charge in [0, 0.05) is 0 Å². The zero-order valence-corrected chi connectivity index (χ0v) is 9.32. The summed E-state index contributed by atoms with van der Waals surface area (Å²) in [6.45, 7) is 2.84. The Kier molecular flexibility index (Phi) is 10.2. The van der Waals surface area contributed by atoms with E-state index in [1.807, 2.05) is 0 Å². The monoisotopic (exact) mass is 210 g/mol. The maximum atomic E-state index is 4.82. The maximum Gasteiger partial charge on any atom is 0.179 e. The van der Waals surface area contributed by atoms with Crippen LogP contribution in [-0.4, -0.2) is 11.4 Å². The highest BCUT2D eigenvalue weighted by molar-refractivity contribution is 7.98. The molecule has 0 heterocycles. The lowest BCUT2D eigenvalue weighted by molar-refractivity contribution is -0.286. The summed E-state index contributed by atoms with van der Waals surface area (Å²) in [6, 6.07) is 0. The summed E-state index contributed by atoms with van der Waals surface area (Å²) in [4.78, 5) is 9.50. The molecule has 0 bridgehead atoms. The molecule has 0 atom stereocenters. The molecule has 0 radical (unpaired) electrons. The van der Waals surface area contributed by atoms with Gasteiger partial charge in [-0.3, -0.25) is 0 Å². The van der Waals surface area contributed by atoms with Gasteiger partial charge in [-0.2, -0.15) is 0 Å². The smallest absolute Gasteiger partial charge is 0.179 e. The molecule has 0 aromatic rings. The lowest BCUT2D eigenvalue weighted by Crippen LogP contribution is -2.00. The molecule has 0 unspecified atom stereocenters. The van der Waals surface area contributed by atoms with Crippen LogP contribution in [0.1, 0.15) is 39.0 Å². The lowest BCUT2D eigenvalue weighted by atomic mass is 10.2. The molecule has 0 amide bonds. The highest BCUT2D eigenvalue weighted by atomic mass is 32.2. The molecule has 0 spiro atoms. The quantitative estimate of drug-likeness (QED) is 0.211. The van der Waals surface area contributed by atoms with Gasteiger partial charge in [-0.05, 0) is 6.42 Å². The minimum absolute atomic E-state index is 0.430. The van der Waals surface area contributed by atoms with Crippen molar-refractivity contribution in [1.29, 1.82) is 0 Å². The molecule has 0 aromatic heterocycles. The number of hydrogen-bond donors (Lipinski definition) is 2. The molecule has 0 saturated carbocycles. The van der Waals surface area contributed by atoms with Crippen LogP contribution in [0.5, 0.6) is 0 Å². The molecule has 0 aliphatic carbocycles. The molecule has 4 heteroatoms. The Bertz CT molecular complexity index is 89.1. The Morgan fingerprint density at radius 1 is 1.08 bits per heavy atom. The summed E-state index contributed by atoms with van der Waals surface area (Å²) in [6.07, 6.45) is 6.12. The summed E-state index contributed by atoms with van der Waals surface area (Å²) in [5, 5.41) is 0. The molecular formula is C8H18O2S2. The SMILES string of the molecule is CCCCCCCOOC(S)S. The first-order valence-electron chi connectivity index (χ1n) is 4.41. The summed E-state index contributed by atoms with van der Waals surface area (Å²) in [7, 11) is 0. The van der Waals surface area contributed by atoms with Crippen molar-refractivity contribution < 1.29 is 9.78 Å². The predicted molar refractivity (Wildman–Crippen MR) is 57.6 cm³/mol. The fourth-order valence-electron chi connectivity index (χ4n) is 0.874. The van der Waals surface area contributed by atoms with Gasteiger partial charge in [-0.25, -0.2) is 9.78 Å². The number of thiol groups is 2. The standard InChI is InChI=1S/C8H18O2S2/c1-2-3-4-5-6-7-9-10-8(11)12/h8,11-12H,2-7H2,1H3. The molecule has 0 rings (SSSR count). The van der Waals surface area contributed by atoms with Crippen molar-refractivity contribution in [3.63, 3.8) is 0 Å². The Labute approximate surface area is 85.8 Å². The van der Waals surface area contributed by atoms with E-state index in [-0.39, 0.29) is 0 Å². The van der Waals surface area contributed by atoms with Crippen molar-refractivity contribution in [2.24, 2.45) is 0 Å². The van der Waals surface area contributed by atoms with E-state index < -0.39 is 4.77 Å². The molecule has 0 saturated heterocycles. The van der Waals surface area contributed by atoms with E-state index in [9.17, 15) is 0 Å². The normalized spacial score (nSPS) is 11.0. The van der Waals surface area contributed by atoms with Gasteiger partial charge in [0.1, 0.15) is 0 Å². The summed E-state index contributed by atoms with van der Waals surface area (Å²) in [5.74, 6) is 0. The second-order valence-corrected chi connectivity index (χ2v) is 4.00. The van der Waals surface area contributed by atoms with Gasteiger partial charge in [-0.1, -0.05) is 32.6 Å². The van der Waals surface area contributed by atoms with E-state index in [4.69, 9.17) is 4.89 Å². The number of hydrogen-bond acceptors (Lipinski definition) is 4. The fraction of sp³-hybridized carbons (Fsp3) is 1.00. The topological polar surface area (TPSA) is 18.5 Å². The van der Waals surface area contributed by atoms with Gasteiger partial charge in [0.2, 0.25) is 0 Å². The highest BCUT2D eigenvalue weighted by Gasteiger charge is 1.94. The molecular weight excluding hydrogens is 192 g/mol. The maximum absolute atomic E-state index is 4.82. The molecule has 2 nitrogen and oxygen atoms in total. The van der Waals surface area contributed by atoms with Crippen LogP contribution in [0.15, 0.2) is 0 Å². The molecule has 0 fully saturated rings. The summed E-state index contributed by atoms with van der Waals surface area (Å²) < 4.78 is -0.430. The molecule has 0 aliphatic rings. The van der Waals surface area contributed by atoms with Gasteiger partial charge in [0.15, 0.2) is 4.77 Å². The zero-order chi connectivity index (χ0) is 9.23. The second kappa shape index (κ2) is 9.71. The first-order valence-corrected chi connectivity index (χ1v) is 5.45. The van der Waals surface area contributed by atoms with Crippen molar-refractivity contribution in [1.82, 2.24) is 0 Å². The van der Waals surface area contributed by atoms with Gasteiger partial charge in [0.05, 0.1) is 6.61 Å². The van der Waals surface area contributed by atoms with E-state index in [2.05, 4.69) is 37.1 Å². The Morgan fingerprint density at radius 3 is 2.33 bits per heavy atom. The molecule has 0 aromatic carbocycles. The van der Waals surface area contributed by atoms with Crippen molar-refractivity contribution in [2.45, 2.75) is 43.8 Å². The van der Waals surface area contributed by atoms with Crippen molar-refractivity contribution in [2.75, 3.05) is 6.61 Å². The summed E-state index contributed by atoms with van der Waals surface area (Å²) >= 11 is 7.75. The van der Waals surface area contributed by atoms with Gasteiger partial charge < -0.3 is 0 Å². The predicted octanol–water partition coefficient (Wildman–Crippen LogP) is 3.05. The average Bonchev–Trinajstić information content (AvgIpc) is 2.02. The van der Waals surface area contributed by atoms with Crippen LogP contribution in [0.2, 0.25) is 0 Å².